The van der Waals surface area contributed by atoms with E-state index in [-0.39, 0.29) is 11.8 Å². The van der Waals surface area contributed by atoms with Gasteiger partial charge in [0.25, 0.3) is 11.6 Å². The third-order valence-electron chi connectivity index (χ3n) is 5.80. The summed E-state index contributed by atoms with van der Waals surface area (Å²) < 4.78 is 10.8. The fourth-order valence-electron chi connectivity index (χ4n) is 3.88. The van der Waals surface area contributed by atoms with E-state index in [4.69, 9.17) is 9.26 Å². The van der Waals surface area contributed by atoms with Crippen LogP contribution in [0.15, 0.2) is 34.9 Å². The molecule has 1 aliphatic carbocycles. The second-order valence-electron chi connectivity index (χ2n) is 7.87. The van der Waals surface area contributed by atoms with E-state index in [2.05, 4.69) is 20.8 Å². The Morgan fingerprint density at radius 3 is 2.79 bits per heavy atom. The summed E-state index contributed by atoms with van der Waals surface area (Å²) in [5.74, 6) is 1.53. The number of aromatic nitrogens is 2. The molecule has 5 rings (SSSR count). The Labute approximate surface area is 168 Å². The molecule has 2 N–H and O–H groups in total. The van der Waals surface area contributed by atoms with Crippen LogP contribution in [0.4, 0.5) is 0 Å². The van der Waals surface area contributed by atoms with E-state index < -0.39 is 0 Å². The highest BCUT2D eigenvalue weighted by Crippen LogP contribution is 2.34. The maximum Gasteiger partial charge on any atom is 0.259 e. The molecule has 0 spiro atoms. The van der Waals surface area contributed by atoms with Crippen LogP contribution in [0.25, 0.3) is 22.4 Å². The van der Waals surface area contributed by atoms with Crippen molar-refractivity contribution in [3.05, 3.63) is 41.6 Å². The number of nitrogens with one attached hydrogen (secondary N) is 2. The average Bonchev–Trinajstić information content (AvgIpc) is 3.24. The molecule has 1 amide bonds. The third-order valence-corrected chi connectivity index (χ3v) is 5.80. The minimum Gasteiger partial charge on any atom is -0.497 e. The lowest BCUT2D eigenvalue weighted by atomic mass is 9.98. The van der Waals surface area contributed by atoms with Gasteiger partial charge in [-0.05, 0) is 62.1 Å². The maximum absolute atomic E-state index is 13.1. The summed E-state index contributed by atoms with van der Waals surface area (Å²) >= 11 is 0. The number of amides is 1. The summed E-state index contributed by atoms with van der Waals surface area (Å²) in [5, 5.41) is 11.5. The number of pyridine rings is 1. The predicted octanol–water partition coefficient (Wildman–Crippen LogP) is 3.12. The van der Waals surface area contributed by atoms with Gasteiger partial charge in [0.05, 0.1) is 29.4 Å². The first-order valence-electron chi connectivity index (χ1n) is 10.2. The first kappa shape index (κ1) is 18.1. The molecule has 0 bridgehead atoms. The molecule has 29 heavy (non-hydrogen) atoms. The van der Waals surface area contributed by atoms with Gasteiger partial charge in [0, 0.05) is 24.6 Å². The molecule has 7 nitrogen and oxygen atoms in total. The van der Waals surface area contributed by atoms with Gasteiger partial charge in [-0.25, -0.2) is 4.98 Å². The number of methoxy groups -OCH3 is 1. The van der Waals surface area contributed by atoms with Crippen molar-refractivity contribution in [2.45, 2.75) is 25.2 Å². The first-order valence-corrected chi connectivity index (χ1v) is 10.2. The van der Waals surface area contributed by atoms with Gasteiger partial charge in [-0.3, -0.25) is 4.79 Å². The largest absolute Gasteiger partial charge is 0.497 e. The van der Waals surface area contributed by atoms with Crippen LogP contribution in [-0.2, 0) is 0 Å². The number of rotatable bonds is 6. The van der Waals surface area contributed by atoms with E-state index >= 15 is 0 Å². The highest BCUT2D eigenvalue weighted by molar-refractivity contribution is 6.07. The Morgan fingerprint density at radius 1 is 1.28 bits per heavy atom. The molecule has 2 fully saturated rings. The molecule has 1 saturated carbocycles. The zero-order valence-corrected chi connectivity index (χ0v) is 16.4. The molecular formula is C22H24N4O3. The smallest absolute Gasteiger partial charge is 0.259 e. The summed E-state index contributed by atoms with van der Waals surface area (Å²) in [6, 6.07) is 9.47. The maximum atomic E-state index is 13.1. The van der Waals surface area contributed by atoms with Crippen molar-refractivity contribution in [3.8, 4) is 17.0 Å². The van der Waals surface area contributed by atoms with Crippen LogP contribution in [-0.4, -0.2) is 42.8 Å². The Balaban J connectivity index is 1.58. The van der Waals surface area contributed by atoms with Crippen LogP contribution in [0.2, 0.25) is 0 Å². The second kappa shape index (κ2) is 7.48. The van der Waals surface area contributed by atoms with Gasteiger partial charge in [0.1, 0.15) is 5.75 Å². The Hall–Kier alpha value is -2.93. The predicted molar refractivity (Wildman–Crippen MR) is 109 cm³/mol. The molecule has 1 aromatic carbocycles. The van der Waals surface area contributed by atoms with Crippen LogP contribution in [0, 0.1) is 5.92 Å². The molecular weight excluding hydrogens is 368 g/mol. The molecule has 150 valence electrons. The highest BCUT2D eigenvalue weighted by Gasteiger charge is 2.28. The average molecular weight is 392 g/mol. The second-order valence-corrected chi connectivity index (χ2v) is 7.87. The van der Waals surface area contributed by atoms with Crippen molar-refractivity contribution in [1.82, 2.24) is 20.8 Å². The number of benzene rings is 1. The van der Waals surface area contributed by atoms with Crippen molar-refractivity contribution < 1.29 is 14.1 Å². The lowest BCUT2D eigenvalue weighted by Gasteiger charge is -2.10. The van der Waals surface area contributed by atoms with Crippen LogP contribution < -0.4 is 15.4 Å². The number of hydrogen-bond acceptors (Lipinski definition) is 6. The van der Waals surface area contributed by atoms with Crippen molar-refractivity contribution >= 4 is 17.0 Å². The van der Waals surface area contributed by atoms with Gasteiger partial charge in [-0.1, -0.05) is 5.16 Å². The topological polar surface area (TPSA) is 89.3 Å². The van der Waals surface area contributed by atoms with E-state index in [1.807, 2.05) is 30.3 Å². The summed E-state index contributed by atoms with van der Waals surface area (Å²) in [4.78, 5) is 17.8. The van der Waals surface area contributed by atoms with Crippen LogP contribution >= 0.6 is 0 Å². The lowest BCUT2D eigenvalue weighted by molar-refractivity contribution is 0.0953. The Bertz CT molecular complexity index is 1030. The molecule has 1 saturated heterocycles. The minimum absolute atomic E-state index is 0.0885. The number of nitrogens with zero attached hydrogens (tertiary/aromatic N) is 2. The van der Waals surface area contributed by atoms with Gasteiger partial charge >= 0.3 is 0 Å². The molecule has 2 aliphatic rings. The first-order chi connectivity index (χ1) is 14.2. The zero-order valence-electron chi connectivity index (χ0n) is 16.4. The summed E-state index contributed by atoms with van der Waals surface area (Å²) in [6.07, 6.45) is 3.36. The van der Waals surface area contributed by atoms with Crippen LogP contribution in [0.5, 0.6) is 5.75 Å². The van der Waals surface area contributed by atoms with E-state index in [0.29, 0.717) is 29.4 Å². The van der Waals surface area contributed by atoms with E-state index in [1.54, 1.807) is 7.11 Å². The third kappa shape index (κ3) is 3.58. The summed E-state index contributed by atoms with van der Waals surface area (Å²) in [6.45, 7) is 2.50. The molecule has 3 heterocycles. The van der Waals surface area contributed by atoms with E-state index in [9.17, 15) is 4.79 Å². The molecule has 3 aromatic rings. The highest BCUT2D eigenvalue weighted by atomic mass is 16.5. The summed E-state index contributed by atoms with van der Waals surface area (Å²) in [5.41, 5.74) is 3.41. The normalized spacial score (nSPS) is 18.9. The monoisotopic (exact) mass is 392 g/mol. The van der Waals surface area contributed by atoms with Crippen LogP contribution in [0.3, 0.4) is 0 Å². The molecule has 1 unspecified atom stereocenters. The molecule has 1 aliphatic heterocycles. The summed E-state index contributed by atoms with van der Waals surface area (Å²) in [7, 11) is 1.63. The number of ether oxygens (including phenoxy) is 1. The zero-order chi connectivity index (χ0) is 19.8. The van der Waals surface area contributed by atoms with Crippen molar-refractivity contribution in [2.24, 2.45) is 5.92 Å². The fourth-order valence-corrected chi connectivity index (χ4v) is 3.88. The lowest BCUT2D eigenvalue weighted by Crippen LogP contribution is -2.26. The number of fused-ring (bicyclic) bond motifs is 1. The molecule has 2 aromatic heterocycles. The SMILES string of the molecule is COc1ccc(-c2cc(C(=O)NCC3CC3)c3c(C4CCNC4)noc3n2)cc1. The van der Waals surface area contributed by atoms with Crippen LogP contribution in [0.1, 0.15) is 41.2 Å². The molecule has 7 heteroatoms. The molecule has 1 atom stereocenters. The quantitative estimate of drug-likeness (QED) is 0.670. The Morgan fingerprint density at radius 2 is 2.10 bits per heavy atom. The molecule has 0 radical (unpaired) electrons. The van der Waals surface area contributed by atoms with Gasteiger partial charge in [-0.2, -0.15) is 0 Å². The number of carbonyl (C=O) groups is 1. The van der Waals surface area contributed by atoms with Gasteiger partial charge in [0.15, 0.2) is 0 Å². The minimum atomic E-state index is -0.0885. The van der Waals surface area contributed by atoms with Gasteiger partial charge in [-0.15, -0.1) is 0 Å². The standard InChI is InChI=1S/C22H24N4O3/c1-28-16-6-4-14(5-7-16)18-10-17(21(27)24-11-13-2-3-13)19-20(15-8-9-23-12-15)26-29-22(19)25-18/h4-7,10,13,15,23H,2-3,8-9,11-12H2,1H3,(H,24,27). The van der Waals surface area contributed by atoms with E-state index in [1.165, 1.54) is 12.8 Å². The fraction of sp³-hybridized carbons (Fsp3) is 0.409. The number of hydrogen-bond donors (Lipinski definition) is 2. The Kier molecular flexibility index (Phi) is 4.67. The van der Waals surface area contributed by atoms with E-state index in [0.717, 1.165) is 41.9 Å². The number of carbonyl (C=O) groups excluding carboxylic acids is 1. The van der Waals surface area contributed by atoms with Crippen molar-refractivity contribution in [1.29, 1.82) is 0 Å². The van der Waals surface area contributed by atoms with Gasteiger partial charge < -0.3 is 19.9 Å². The van der Waals surface area contributed by atoms with Crippen molar-refractivity contribution in [2.75, 3.05) is 26.7 Å². The van der Waals surface area contributed by atoms with Crippen molar-refractivity contribution in [3.63, 3.8) is 0 Å². The van der Waals surface area contributed by atoms with Gasteiger partial charge in [0.2, 0.25) is 0 Å².